The van der Waals surface area contributed by atoms with Gasteiger partial charge < -0.3 is 4.84 Å². The number of hydroxylamine groups is 1. The zero-order valence-electron chi connectivity index (χ0n) is 6.92. The van der Waals surface area contributed by atoms with E-state index in [1.807, 2.05) is 0 Å². The van der Waals surface area contributed by atoms with Gasteiger partial charge in [-0.25, -0.2) is 5.48 Å². The normalized spacial score (nSPS) is 16.8. The van der Waals surface area contributed by atoms with Crippen molar-refractivity contribution in [1.82, 2.24) is 5.48 Å². The smallest absolute Gasteiger partial charge is 0.329 e. The van der Waals surface area contributed by atoms with Crippen LogP contribution in [0.1, 0.15) is 26.2 Å². The van der Waals surface area contributed by atoms with E-state index in [4.69, 9.17) is 0 Å². The molecule has 1 aliphatic carbocycles. The molecule has 1 N–H and O–H groups in total. The molecule has 0 aliphatic heterocycles. The van der Waals surface area contributed by atoms with Crippen LogP contribution in [0.2, 0.25) is 0 Å². The molecule has 1 aliphatic rings. The van der Waals surface area contributed by atoms with E-state index in [0.717, 1.165) is 12.8 Å². The fourth-order valence-electron chi connectivity index (χ4n) is 0.983. The van der Waals surface area contributed by atoms with Crippen molar-refractivity contribution in [2.45, 2.75) is 26.2 Å². The van der Waals surface area contributed by atoms with Gasteiger partial charge >= 0.3 is 5.97 Å². The number of hydrogen-bond donors (Lipinski definition) is 1. The predicted octanol–water partition coefficient (Wildman–Crippen LogP) is 0.691. The van der Waals surface area contributed by atoms with Crippen LogP contribution in [0.3, 0.4) is 0 Å². The van der Waals surface area contributed by atoms with E-state index in [1.165, 1.54) is 6.92 Å². The number of nitrogens with one attached hydrogen (secondary N) is 1. The molecule has 0 bridgehead atoms. The summed E-state index contributed by atoms with van der Waals surface area (Å²) in [6.45, 7) is 1.28. The average molecular weight is 169 g/mol. The van der Waals surface area contributed by atoms with Crippen molar-refractivity contribution in [3.05, 3.63) is 11.8 Å². The van der Waals surface area contributed by atoms with Gasteiger partial charge in [0.05, 0.1) is 0 Å². The lowest BCUT2D eigenvalue weighted by atomic mass is 10.0. The molecule has 1 rings (SSSR count). The lowest BCUT2D eigenvalue weighted by Crippen LogP contribution is -2.24. The summed E-state index contributed by atoms with van der Waals surface area (Å²) in [4.78, 5) is 25.9. The molecule has 0 aromatic rings. The summed E-state index contributed by atoms with van der Waals surface area (Å²) in [7, 11) is 0. The fourth-order valence-corrected chi connectivity index (χ4v) is 0.983. The molecule has 0 amide bonds. The van der Waals surface area contributed by atoms with Crippen LogP contribution < -0.4 is 5.48 Å². The van der Waals surface area contributed by atoms with Crippen LogP contribution in [0.25, 0.3) is 0 Å². The first-order chi connectivity index (χ1) is 5.70. The lowest BCUT2D eigenvalue weighted by Gasteiger charge is -2.11. The van der Waals surface area contributed by atoms with Gasteiger partial charge in [-0.2, -0.15) is 0 Å². The molecule has 66 valence electrons. The minimum Gasteiger partial charge on any atom is -0.344 e. The highest BCUT2D eigenvalue weighted by Gasteiger charge is 2.13. The van der Waals surface area contributed by atoms with E-state index in [9.17, 15) is 9.59 Å². The predicted molar refractivity (Wildman–Crippen MR) is 41.8 cm³/mol. The van der Waals surface area contributed by atoms with Crippen molar-refractivity contribution in [3.8, 4) is 0 Å². The average Bonchev–Trinajstić information content (AvgIpc) is 2.03. The molecule has 0 saturated carbocycles. The number of hydrogen-bond acceptors (Lipinski definition) is 4. The van der Waals surface area contributed by atoms with Crippen molar-refractivity contribution in [1.29, 1.82) is 0 Å². The maximum Gasteiger partial charge on any atom is 0.329 e. The second-order valence-electron chi connectivity index (χ2n) is 2.63. The Morgan fingerprint density at radius 1 is 1.67 bits per heavy atom. The summed E-state index contributed by atoms with van der Waals surface area (Å²) < 4.78 is 0. The first-order valence-electron chi connectivity index (χ1n) is 3.87. The van der Waals surface area contributed by atoms with Gasteiger partial charge in [-0.3, -0.25) is 9.59 Å². The van der Waals surface area contributed by atoms with Gasteiger partial charge in [0.25, 0.3) is 0 Å². The zero-order valence-corrected chi connectivity index (χ0v) is 6.92. The second-order valence-corrected chi connectivity index (χ2v) is 2.63. The maximum atomic E-state index is 11.1. The summed E-state index contributed by atoms with van der Waals surface area (Å²) in [6, 6.07) is 0. The Balaban J connectivity index is 2.44. The Hall–Kier alpha value is -1.32. The summed E-state index contributed by atoms with van der Waals surface area (Å²) in [5, 5.41) is 0. The Morgan fingerprint density at radius 2 is 2.42 bits per heavy atom. The Labute approximate surface area is 70.5 Å². The molecule has 0 aromatic carbocycles. The van der Waals surface area contributed by atoms with Crippen LogP contribution in [0, 0.1) is 0 Å². The quantitative estimate of drug-likeness (QED) is 0.618. The third kappa shape index (κ3) is 2.38. The van der Waals surface area contributed by atoms with E-state index in [1.54, 1.807) is 6.08 Å². The Morgan fingerprint density at radius 3 is 3.00 bits per heavy atom. The second kappa shape index (κ2) is 3.90. The molecule has 0 unspecified atom stereocenters. The highest BCUT2D eigenvalue weighted by molar-refractivity contribution is 5.95. The van der Waals surface area contributed by atoms with Gasteiger partial charge in [0.15, 0.2) is 5.78 Å². The van der Waals surface area contributed by atoms with Crippen molar-refractivity contribution in [2.75, 3.05) is 0 Å². The molecule has 0 spiro atoms. The molecule has 0 heterocycles. The monoisotopic (exact) mass is 169 g/mol. The van der Waals surface area contributed by atoms with E-state index in [2.05, 4.69) is 10.3 Å². The number of allylic oxidation sites excluding steroid dienone is 2. The lowest BCUT2D eigenvalue weighted by molar-refractivity contribution is -0.147. The molecule has 4 nitrogen and oxygen atoms in total. The standard InChI is InChI=1S/C8H11NO3/c1-6(10)12-9-7-4-2-3-5-8(7)11/h4,9H,2-3,5H2,1H3. The summed E-state index contributed by atoms with van der Waals surface area (Å²) in [5.74, 6) is -0.447. The highest BCUT2D eigenvalue weighted by atomic mass is 16.7. The van der Waals surface area contributed by atoms with Crippen molar-refractivity contribution >= 4 is 11.8 Å². The van der Waals surface area contributed by atoms with Gasteiger partial charge in [0.1, 0.15) is 5.70 Å². The topological polar surface area (TPSA) is 55.4 Å². The van der Waals surface area contributed by atoms with Crippen LogP contribution in [-0.4, -0.2) is 11.8 Å². The Bertz CT molecular complexity index is 232. The fraction of sp³-hybridized carbons (Fsp3) is 0.500. The van der Waals surface area contributed by atoms with Gasteiger partial charge in [-0.1, -0.05) is 6.08 Å². The van der Waals surface area contributed by atoms with Crippen LogP contribution >= 0.6 is 0 Å². The van der Waals surface area contributed by atoms with Crippen LogP contribution in [0.15, 0.2) is 11.8 Å². The zero-order chi connectivity index (χ0) is 8.97. The Kier molecular flexibility index (Phi) is 2.85. The first kappa shape index (κ1) is 8.77. The number of carbonyl (C=O) groups is 2. The number of Topliss-reactive ketones (excluding diaryl/α,β-unsaturated/α-hetero) is 1. The summed E-state index contributed by atoms with van der Waals surface area (Å²) >= 11 is 0. The number of ketones is 1. The van der Waals surface area contributed by atoms with Gasteiger partial charge in [-0.15, -0.1) is 0 Å². The third-order valence-corrected chi connectivity index (χ3v) is 1.56. The number of carbonyl (C=O) groups excluding carboxylic acids is 2. The van der Waals surface area contributed by atoms with E-state index < -0.39 is 5.97 Å². The van der Waals surface area contributed by atoms with Gasteiger partial charge in [0.2, 0.25) is 0 Å². The van der Waals surface area contributed by atoms with Crippen molar-refractivity contribution in [2.24, 2.45) is 0 Å². The number of rotatable bonds is 2. The molecule has 12 heavy (non-hydrogen) atoms. The first-order valence-corrected chi connectivity index (χ1v) is 3.87. The van der Waals surface area contributed by atoms with E-state index >= 15 is 0 Å². The summed E-state index contributed by atoms with van der Waals surface area (Å²) in [6.07, 6.45) is 4.01. The third-order valence-electron chi connectivity index (χ3n) is 1.56. The molecule has 0 saturated heterocycles. The minimum atomic E-state index is -0.450. The largest absolute Gasteiger partial charge is 0.344 e. The van der Waals surface area contributed by atoms with Crippen molar-refractivity contribution < 1.29 is 14.4 Å². The van der Waals surface area contributed by atoms with Gasteiger partial charge in [-0.05, 0) is 12.8 Å². The minimum absolute atomic E-state index is 0.00231. The molecule has 0 radical (unpaired) electrons. The maximum absolute atomic E-state index is 11.1. The molecule has 0 aromatic heterocycles. The van der Waals surface area contributed by atoms with Crippen LogP contribution in [-0.2, 0) is 14.4 Å². The van der Waals surface area contributed by atoms with Crippen LogP contribution in [0.5, 0.6) is 0 Å². The van der Waals surface area contributed by atoms with Crippen LogP contribution in [0.4, 0.5) is 0 Å². The molecule has 0 atom stereocenters. The van der Waals surface area contributed by atoms with E-state index in [0.29, 0.717) is 12.1 Å². The SMILES string of the molecule is CC(=O)ONC1=CCCCC1=O. The summed E-state index contributed by atoms with van der Waals surface area (Å²) in [5.41, 5.74) is 2.73. The van der Waals surface area contributed by atoms with E-state index in [-0.39, 0.29) is 5.78 Å². The molecule has 4 heteroatoms. The van der Waals surface area contributed by atoms with Crippen molar-refractivity contribution in [3.63, 3.8) is 0 Å². The molecular weight excluding hydrogens is 158 g/mol. The highest BCUT2D eigenvalue weighted by Crippen LogP contribution is 2.11. The molecular formula is C8H11NO3. The van der Waals surface area contributed by atoms with Gasteiger partial charge in [0, 0.05) is 13.3 Å². The molecule has 0 fully saturated rings.